The van der Waals surface area contributed by atoms with Crippen LogP contribution in [-0.2, 0) is 0 Å². The molecule has 0 saturated carbocycles. The summed E-state index contributed by atoms with van der Waals surface area (Å²) in [5.41, 5.74) is 8.07. The summed E-state index contributed by atoms with van der Waals surface area (Å²) in [4.78, 5) is 2.69. The molecule has 1 N–H and O–H groups in total. The highest BCUT2D eigenvalue weighted by atomic mass is 33.1. The quantitative estimate of drug-likeness (QED) is 0.251. The van der Waals surface area contributed by atoms with Crippen molar-refractivity contribution in [3.8, 4) is 0 Å². The molecule has 1 rings (SSSR count). The SMILES string of the molecule is [N-]=[N+]=NCC1C=CC(CO)SS1. The molecule has 0 aromatic rings. The van der Waals surface area contributed by atoms with Crippen LogP contribution in [0.5, 0.6) is 0 Å². The summed E-state index contributed by atoms with van der Waals surface area (Å²) in [6.07, 6.45) is 3.94. The number of rotatable bonds is 3. The van der Waals surface area contributed by atoms with E-state index in [-0.39, 0.29) is 17.1 Å². The third-order valence-electron chi connectivity index (χ3n) is 1.35. The number of hydrogen-bond donors (Lipinski definition) is 1. The molecule has 0 fully saturated rings. The number of hydrogen-bond acceptors (Lipinski definition) is 4. The van der Waals surface area contributed by atoms with Gasteiger partial charge in [-0.3, -0.25) is 0 Å². The highest BCUT2D eigenvalue weighted by Gasteiger charge is 2.15. The second kappa shape index (κ2) is 5.37. The van der Waals surface area contributed by atoms with Gasteiger partial charge in [0.15, 0.2) is 0 Å². The van der Waals surface area contributed by atoms with Gasteiger partial charge in [0.25, 0.3) is 0 Å². The lowest BCUT2D eigenvalue weighted by Gasteiger charge is -2.18. The molecule has 0 saturated heterocycles. The van der Waals surface area contributed by atoms with Gasteiger partial charge in [0, 0.05) is 16.7 Å². The van der Waals surface area contributed by atoms with Crippen molar-refractivity contribution in [1.29, 1.82) is 0 Å². The predicted octanol–water partition coefficient (Wildman–Crippen LogP) is 1.98. The maximum atomic E-state index is 8.79. The van der Waals surface area contributed by atoms with Crippen molar-refractivity contribution in [1.82, 2.24) is 0 Å². The fourth-order valence-electron chi connectivity index (χ4n) is 0.754. The molecule has 0 aromatic heterocycles. The number of aliphatic hydroxyl groups excluding tert-OH is 1. The second-order valence-electron chi connectivity index (χ2n) is 2.25. The second-order valence-corrected chi connectivity index (χ2v) is 5.00. The van der Waals surface area contributed by atoms with Crippen LogP contribution in [0.15, 0.2) is 17.3 Å². The van der Waals surface area contributed by atoms with Crippen molar-refractivity contribution in [2.75, 3.05) is 13.2 Å². The van der Waals surface area contributed by atoms with Crippen LogP contribution in [0, 0.1) is 0 Å². The van der Waals surface area contributed by atoms with Gasteiger partial charge in [-0.05, 0) is 5.53 Å². The first-order valence-corrected chi connectivity index (χ1v) is 5.76. The molecule has 12 heavy (non-hydrogen) atoms. The van der Waals surface area contributed by atoms with Gasteiger partial charge in [-0.25, -0.2) is 0 Å². The Morgan fingerprint density at radius 2 is 2.08 bits per heavy atom. The predicted molar refractivity (Wildman–Crippen MR) is 53.0 cm³/mol. The molecule has 1 heterocycles. The van der Waals surface area contributed by atoms with E-state index < -0.39 is 0 Å². The minimum Gasteiger partial charge on any atom is -0.395 e. The van der Waals surface area contributed by atoms with Crippen LogP contribution >= 0.6 is 21.6 Å². The molecular weight excluding hydrogens is 194 g/mol. The van der Waals surface area contributed by atoms with Gasteiger partial charge < -0.3 is 5.11 Å². The zero-order valence-corrected chi connectivity index (χ0v) is 7.96. The third kappa shape index (κ3) is 2.98. The van der Waals surface area contributed by atoms with E-state index in [1.54, 1.807) is 21.6 Å². The number of aliphatic hydroxyl groups is 1. The maximum Gasteiger partial charge on any atom is 0.0593 e. The smallest absolute Gasteiger partial charge is 0.0593 e. The van der Waals surface area contributed by atoms with Gasteiger partial charge in [-0.2, -0.15) is 0 Å². The lowest BCUT2D eigenvalue weighted by atomic mass is 10.3. The first kappa shape index (κ1) is 9.80. The summed E-state index contributed by atoms with van der Waals surface area (Å²) in [6, 6.07) is 0. The summed E-state index contributed by atoms with van der Waals surface area (Å²) in [7, 11) is 3.26. The Labute approximate surface area is 78.4 Å². The molecule has 66 valence electrons. The van der Waals surface area contributed by atoms with Gasteiger partial charge >= 0.3 is 0 Å². The Hall–Kier alpha value is -0.290. The molecule has 0 amide bonds. The van der Waals surface area contributed by atoms with E-state index in [4.69, 9.17) is 10.6 Å². The minimum atomic E-state index is 0.169. The van der Waals surface area contributed by atoms with E-state index in [0.29, 0.717) is 6.54 Å². The fraction of sp³-hybridized carbons (Fsp3) is 0.667. The van der Waals surface area contributed by atoms with Crippen molar-refractivity contribution in [2.45, 2.75) is 10.5 Å². The molecule has 1 aliphatic rings. The van der Waals surface area contributed by atoms with Crippen molar-refractivity contribution >= 4 is 21.6 Å². The monoisotopic (exact) mass is 203 g/mol. The number of azide groups is 1. The van der Waals surface area contributed by atoms with Crippen molar-refractivity contribution in [2.24, 2.45) is 5.11 Å². The number of nitrogens with zero attached hydrogens (tertiary/aromatic N) is 3. The molecule has 0 aliphatic carbocycles. The topological polar surface area (TPSA) is 69.0 Å². The van der Waals surface area contributed by atoms with Crippen LogP contribution in [0.2, 0.25) is 0 Å². The minimum absolute atomic E-state index is 0.169. The van der Waals surface area contributed by atoms with Crippen LogP contribution in [0.25, 0.3) is 10.4 Å². The maximum absolute atomic E-state index is 8.79. The lowest BCUT2D eigenvalue weighted by molar-refractivity contribution is 0.307. The molecule has 0 aromatic carbocycles. The molecule has 1 aliphatic heterocycles. The van der Waals surface area contributed by atoms with E-state index in [1.165, 1.54) is 0 Å². The van der Waals surface area contributed by atoms with Crippen LogP contribution in [0.3, 0.4) is 0 Å². The van der Waals surface area contributed by atoms with Crippen molar-refractivity contribution in [3.63, 3.8) is 0 Å². The molecule has 4 nitrogen and oxygen atoms in total. The Balaban J connectivity index is 2.37. The summed E-state index contributed by atoms with van der Waals surface area (Å²) >= 11 is 0. The van der Waals surface area contributed by atoms with Crippen LogP contribution < -0.4 is 0 Å². The van der Waals surface area contributed by atoms with E-state index in [0.717, 1.165) is 0 Å². The van der Waals surface area contributed by atoms with Crippen molar-refractivity contribution in [3.05, 3.63) is 22.6 Å². The summed E-state index contributed by atoms with van der Waals surface area (Å²) in [5, 5.41) is 12.7. The van der Waals surface area contributed by atoms with Crippen LogP contribution in [0.4, 0.5) is 0 Å². The molecule has 6 heteroatoms. The van der Waals surface area contributed by atoms with Gasteiger partial charge in [0.05, 0.1) is 11.9 Å². The molecule has 2 unspecified atom stereocenters. The van der Waals surface area contributed by atoms with Crippen molar-refractivity contribution < 1.29 is 5.11 Å². The molecule has 0 spiro atoms. The zero-order valence-electron chi connectivity index (χ0n) is 6.33. The summed E-state index contributed by atoms with van der Waals surface area (Å²) < 4.78 is 0. The molecular formula is C6H9N3OS2. The molecule has 0 bridgehead atoms. The fourth-order valence-corrected chi connectivity index (χ4v) is 3.14. The first-order valence-electron chi connectivity index (χ1n) is 3.49. The highest BCUT2D eigenvalue weighted by Crippen LogP contribution is 2.36. The third-order valence-corrected chi connectivity index (χ3v) is 4.38. The summed E-state index contributed by atoms with van der Waals surface area (Å²) in [6.45, 7) is 0.658. The normalized spacial score (nSPS) is 28.1. The van der Waals surface area contributed by atoms with Gasteiger partial charge in [-0.1, -0.05) is 38.9 Å². The van der Waals surface area contributed by atoms with Gasteiger partial charge in [0.2, 0.25) is 0 Å². The first-order chi connectivity index (χ1) is 5.86. The Kier molecular flexibility index (Phi) is 4.39. The Morgan fingerprint density at radius 3 is 2.58 bits per heavy atom. The Morgan fingerprint density at radius 1 is 1.42 bits per heavy atom. The zero-order chi connectivity index (χ0) is 8.81. The van der Waals surface area contributed by atoms with E-state index in [9.17, 15) is 0 Å². The van der Waals surface area contributed by atoms with E-state index in [2.05, 4.69) is 10.0 Å². The van der Waals surface area contributed by atoms with E-state index >= 15 is 0 Å². The van der Waals surface area contributed by atoms with E-state index in [1.807, 2.05) is 12.2 Å². The van der Waals surface area contributed by atoms with Crippen LogP contribution in [0.1, 0.15) is 0 Å². The van der Waals surface area contributed by atoms with Gasteiger partial charge in [0.1, 0.15) is 0 Å². The van der Waals surface area contributed by atoms with Gasteiger partial charge in [-0.15, -0.1) is 0 Å². The standard InChI is InChI=1S/C6H9N3OS2/c7-9-8-3-5-1-2-6(4-10)12-11-5/h1-2,5-6,10H,3-4H2. The largest absolute Gasteiger partial charge is 0.395 e. The average Bonchev–Trinajstić information content (AvgIpc) is 2.15. The average molecular weight is 203 g/mol. The lowest BCUT2D eigenvalue weighted by Crippen LogP contribution is -2.12. The molecule has 2 atom stereocenters. The Bertz CT molecular complexity index is 215. The van der Waals surface area contributed by atoms with Crippen LogP contribution in [-0.4, -0.2) is 28.8 Å². The highest BCUT2D eigenvalue weighted by molar-refractivity contribution is 8.77. The molecule has 0 radical (unpaired) electrons. The summed E-state index contributed by atoms with van der Waals surface area (Å²) in [5.74, 6) is 0.